The molecular weight excluding hydrogens is 452 g/mol. The number of halogens is 1. The van der Waals surface area contributed by atoms with Gasteiger partial charge in [-0.3, -0.25) is 9.69 Å². The topological polar surface area (TPSA) is 52.9 Å². The van der Waals surface area contributed by atoms with Gasteiger partial charge in [-0.05, 0) is 77.1 Å². The molecule has 176 valence electrons. The number of hydrogen-bond donors (Lipinski definition) is 1. The molecule has 0 aliphatic carbocycles. The van der Waals surface area contributed by atoms with Gasteiger partial charge in [0, 0.05) is 22.7 Å². The van der Waals surface area contributed by atoms with E-state index in [0.717, 1.165) is 28.8 Å². The predicted octanol–water partition coefficient (Wildman–Crippen LogP) is 7.65. The van der Waals surface area contributed by atoms with Crippen molar-refractivity contribution >= 4 is 46.2 Å². The summed E-state index contributed by atoms with van der Waals surface area (Å²) in [6.07, 6.45) is 2.75. The number of amides is 1. The Kier molecular flexibility index (Phi) is 7.35. The first-order chi connectivity index (χ1) is 15.3. The molecule has 0 spiro atoms. The lowest BCUT2D eigenvalue weighted by Gasteiger charge is -2.28. The molecule has 6 heteroatoms. The number of aromatic hydroxyl groups is 1. The van der Waals surface area contributed by atoms with Gasteiger partial charge in [-0.2, -0.15) is 0 Å². The van der Waals surface area contributed by atoms with E-state index in [1.165, 1.54) is 11.8 Å². The van der Waals surface area contributed by atoms with E-state index in [1.807, 2.05) is 37.3 Å². The fourth-order valence-electron chi connectivity index (χ4n) is 3.67. The third kappa shape index (κ3) is 5.82. The number of nitrogens with zero attached hydrogens (tertiary/aromatic N) is 2. The maximum absolute atomic E-state index is 13.3. The molecule has 33 heavy (non-hydrogen) atoms. The molecule has 4 nitrogen and oxygen atoms in total. The highest BCUT2D eigenvalue weighted by molar-refractivity contribution is 8.18. The summed E-state index contributed by atoms with van der Waals surface area (Å²) in [6, 6.07) is 11.3. The van der Waals surface area contributed by atoms with Gasteiger partial charge in [-0.1, -0.05) is 60.1 Å². The average molecular weight is 485 g/mol. The van der Waals surface area contributed by atoms with Crippen LogP contribution in [0.5, 0.6) is 5.75 Å². The minimum atomic E-state index is -0.235. The van der Waals surface area contributed by atoms with Crippen LogP contribution < -0.4 is 0 Å². The van der Waals surface area contributed by atoms with Gasteiger partial charge in [0.25, 0.3) is 5.91 Å². The van der Waals surface area contributed by atoms with Crippen LogP contribution in [0.4, 0.5) is 5.69 Å². The van der Waals surface area contributed by atoms with Crippen molar-refractivity contribution in [3.63, 3.8) is 0 Å². The summed E-state index contributed by atoms with van der Waals surface area (Å²) in [7, 11) is 0. The molecular formula is C27H33ClN2O2S. The molecule has 1 heterocycles. The monoisotopic (exact) mass is 484 g/mol. The molecule has 2 aromatic rings. The number of carbonyl (C=O) groups is 1. The molecule has 2 aromatic carbocycles. The number of thioether (sulfide) groups is 1. The third-order valence-electron chi connectivity index (χ3n) is 5.43. The number of phenols is 1. The summed E-state index contributed by atoms with van der Waals surface area (Å²) in [5.41, 5.74) is 2.94. The van der Waals surface area contributed by atoms with E-state index in [9.17, 15) is 9.90 Å². The smallest absolute Gasteiger partial charge is 0.266 e. The van der Waals surface area contributed by atoms with Gasteiger partial charge in [0.1, 0.15) is 5.75 Å². The highest BCUT2D eigenvalue weighted by atomic mass is 35.5. The second-order valence-electron chi connectivity index (χ2n) is 10.4. The summed E-state index contributed by atoms with van der Waals surface area (Å²) in [6.45, 7) is 15.2. The Bertz CT molecular complexity index is 1070. The molecule has 0 bridgehead atoms. The number of rotatable bonds is 4. The summed E-state index contributed by atoms with van der Waals surface area (Å²) in [5, 5.41) is 12.3. The zero-order valence-corrected chi connectivity index (χ0v) is 22.1. The van der Waals surface area contributed by atoms with Crippen molar-refractivity contribution in [2.75, 3.05) is 6.54 Å². The summed E-state index contributed by atoms with van der Waals surface area (Å²) < 4.78 is 0. The molecule has 1 aliphatic rings. The van der Waals surface area contributed by atoms with Gasteiger partial charge in [-0.25, -0.2) is 4.99 Å². The fourth-order valence-corrected chi connectivity index (χ4v) is 4.82. The van der Waals surface area contributed by atoms with E-state index in [-0.39, 0.29) is 16.7 Å². The fraction of sp³-hybridized carbons (Fsp3) is 0.407. The summed E-state index contributed by atoms with van der Waals surface area (Å²) >= 11 is 7.38. The maximum atomic E-state index is 13.3. The van der Waals surface area contributed by atoms with Crippen LogP contribution in [0.15, 0.2) is 46.3 Å². The Hall–Kier alpha value is -2.24. The van der Waals surface area contributed by atoms with Crippen LogP contribution in [0, 0.1) is 0 Å². The molecule has 1 saturated heterocycles. The molecule has 3 rings (SSSR count). The lowest BCUT2D eigenvalue weighted by atomic mass is 9.78. The second-order valence-corrected chi connectivity index (χ2v) is 11.8. The van der Waals surface area contributed by atoms with Crippen LogP contribution in [0.2, 0.25) is 5.02 Å². The van der Waals surface area contributed by atoms with Gasteiger partial charge >= 0.3 is 0 Å². The van der Waals surface area contributed by atoms with Crippen LogP contribution in [0.1, 0.15) is 71.6 Å². The van der Waals surface area contributed by atoms with Crippen LogP contribution in [-0.4, -0.2) is 27.6 Å². The van der Waals surface area contributed by atoms with Crippen molar-refractivity contribution < 1.29 is 9.90 Å². The highest BCUT2D eigenvalue weighted by Gasteiger charge is 2.33. The van der Waals surface area contributed by atoms with Crippen molar-refractivity contribution in [3.05, 3.63) is 63.0 Å². The zero-order chi connectivity index (χ0) is 24.6. The number of carbonyl (C=O) groups excluding carboxylic acids is 1. The standard InChI is InChI=1S/C27H33ClN2O2S/c1-8-13-30-24(32)22(33-25(30)29-19-11-9-18(28)10-12-19)16-17-14-20(26(2,3)4)23(31)21(15-17)27(5,6)7/h9-12,14-16,31H,8,13H2,1-7H3/b22-16-,29-25?. The molecule has 1 amide bonds. The van der Waals surface area contributed by atoms with Crippen molar-refractivity contribution in [1.29, 1.82) is 0 Å². The van der Waals surface area contributed by atoms with E-state index >= 15 is 0 Å². The van der Waals surface area contributed by atoms with Gasteiger partial charge < -0.3 is 5.11 Å². The minimum absolute atomic E-state index is 0.0442. The number of aliphatic imine (C=N–C) groups is 1. The van der Waals surface area contributed by atoms with E-state index in [4.69, 9.17) is 16.6 Å². The van der Waals surface area contributed by atoms with Crippen molar-refractivity contribution in [2.24, 2.45) is 4.99 Å². The molecule has 0 atom stereocenters. The summed E-state index contributed by atoms with van der Waals surface area (Å²) in [5.74, 6) is 0.289. The average Bonchev–Trinajstić information content (AvgIpc) is 2.98. The molecule has 0 aromatic heterocycles. The maximum Gasteiger partial charge on any atom is 0.266 e. The van der Waals surface area contributed by atoms with Crippen LogP contribution >= 0.6 is 23.4 Å². The first-order valence-corrected chi connectivity index (χ1v) is 12.4. The zero-order valence-electron chi connectivity index (χ0n) is 20.5. The SMILES string of the molecule is CCCN1C(=O)/C(=C/c2cc(C(C)(C)C)c(O)c(C(C)(C)C)c2)SC1=Nc1ccc(Cl)cc1. The van der Waals surface area contributed by atoms with Crippen molar-refractivity contribution in [1.82, 2.24) is 4.90 Å². The Morgan fingerprint density at radius 1 is 1.03 bits per heavy atom. The largest absolute Gasteiger partial charge is 0.507 e. The van der Waals surface area contributed by atoms with Gasteiger partial charge in [-0.15, -0.1) is 0 Å². The second kappa shape index (κ2) is 9.55. The van der Waals surface area contributed by atoms with Crippen LogP contribution in [0.25, 0.3) is 6.08 Å². The molecule has 0 radical (unpaired) electrons. The lowest BCUT2D eigenvalue weighted by molar-refractivity contribution is -0.122. The first-order valence-electron chi connectivity index (χ1n) is 11.2. The Morgan fingerprint density at radius 2 is 1.58 bits per heavy atom. The van der Waals surface area contributed by atoms with Gasteiger partial charge in [0.15, 0.2) is 5.17 Å². The number of benzene rings is 2. The predicted molar refractivity (Wildman–Crippen MR) is 142 cm³/mol. The van der Waals surface area contributed by atoms with Crippen molar-refractivity contribution in [3.8, 4) is 5.75 Å². The quantitative estimate of drug-likeness (QED) is 0.453. The summed E-state index contributed by atoms with van der Waals surface area (Å²) in [4.78, 5) is 20.3. The molecule has 0 unspecified atom stereocenters. The minimum Gasteiger partial charge on any atom is -0.507 e. The Morgan fingerprint density at radius 3 is 2.06 bits per heavy atom. The Balaban J connectivity index is 2.08. The van der Waals surface area contributed by atoms with Crippen molar-refractivity contribution in [2.45, 2.75) is 65.7 Å². The molecule has 0 saturated carbocycles. The number of hydrogen-bond acceptors (Lipinski definition) is 4. The van der Waals surface area contributed by atoms with Gasteiger partial charge in [0.2, 0.25) is 0 Å². The number of phenolic OH excluding ortho intramolecular Hbond substituents is 1. The number of amidine groups is 1. The van der Waals surface area contributed by atoms with E-state index in [0.29, 0.717) is 27.4 Å². The van der Waals surface area contributed by atoms with Crippen LogP contribution in [-0.2, 0) is 15.6 Å². The molecule has 1 aliphatic heterocycles. The Labute approximate surface area is 206 Å². The lowest BCUT2D eigenvalue weighted by Crippen LogP contribution is -2.29. The van der Waals surface area contributed by atoms with E-state index in [1.54, 1.807) is 17.0 Å². The van der Waals surface area contributed by atoms with Gasteiger partial charge in [0.05, 0.1) is 10.6 Å². The van der Waals surface area contributed by atoms with E-state index < -0.39 is 0 Å². The highest BCUT2D eigenvalue weighted by Crippen LogP contribution is 2.41. The molecule has 1 N–H and O–H groups in total. The molecule has 1 fully saturated rings. The van der Waals surface area contributed by atoms with E-state index in [2.05, 4.69) is 41.5 Å². The van der Waals surface area contributed by atoms with Crippen LogP contribution in [0.3, 0.4) is 0 Å². The third-order valence-corrected chi connectivity index (χ3v) is 6.69. The first kappa shape index (κ1) is 25.4. The normalized spacial score (nSPS) is 17.5.